The van der Waals surface area contributed by atoms with Gasteiger partial charge in [0.25, 0.3) is 0 Å². The molecule has 0 saturated heterocycles. The molecule has 0 atom stereocenters. The number of rotatable bonds is 4. The lowest BCUT2D eigenvalue weighted by Gasteiger charge is -2.41. The van der Waals surface area contributed by atoms with Gasteiger partial charge in [0.05, 0.1) is 5.52 Å². The van der Waals surface area contributed by atoms with Crippen molar-refractivity contribution in [3.05, 3.63) is 180 Å². The van der Waals surface area contributed by atoms with Gasteiger partial charge >= 0.3 is 0 Å². The van der Waals surface area contributed by atoms with E-state index in [9.17, 15) is 0 Å². The van der Waals surface area contributed by atoms with Gasteiger partial charge in [-0.15, -0.1) is 11.3 Å². The predicted molar refractivity (Wildman–Crippen MR) is 304 cm³/mol. The number of thiophene rings is 1. The van der Waals surface area contributed by atoms with Crippen LogP contribution in [-0.2, 0) is 16.2 Å². The molecule has 339 valence electrons. The van der Waals surface area contributed by atoms with E-state index in [0.717, 1.165) is 44.4 Å². The van der Waals surface area contributed by atoms with Crippen LogP contribution in [0, 0.1) is 0 Å². The number of anilines is 2. The molecule has 0 unspecified atom stereocenters. The summed E-state index contributed by atoms with van der Waals surface area (Å²) in [7, 11) is 2.46. The molecule has 6 heteroatoms. The number of para-hydroxylation sites is 1. The van der Waals surface area contributed by atoms with Crippen molar-refractivity contribution < 1.29 is 4.42 Å². The standard InChI is InChI=1S/C64H52BN2OS2/c1-35-26-56(36-14-10-9-11-15-36)69-59-34-53-50(30-42(35)59)65-60-40(22-23-41-44-28-45-39-16-12-13-17-54(39)68-55(45)33-52(44)67(53)61(41)60)43-27-46-47-29-48-49(64(7,8)25-24-63(48,5)6)31-57(47)70-58(46)32-51(43)66-38-20-18-37(19-21-38)62(2,3)4/h9-23,26-34,66H,1,24-25H2,2-8H3. The van der Waals surface area contributed by atoms with Crippen LogP contribution in [0.2, 0.25) is 0 Å². The summed E-state index contributed by atoms with van der Waals surface area (Å²) in [5.41, 5.74) is 20.3. The molecular formula is C64H52BN2OS2. The molecule has 0 saturated carbocycles. The van der Waals surface area contributed by atoms with Crippen LogP contribution in [0.4, 0.5) is 11.4 Å². The molecule has 1 N–H and O–H groups in total. The fraction of sp³-hybridized carbons (Fsp3) is 0.188. The van der Waals surface area contributed by atoms with Crippen molar-refractivity contribution in [2.75, 3.05) is 5.32 Å². The maximum Gasteiger partial charge on any atom is 0.197 e. The summed E-state index contributed by atoms with van der Waals surface area (Å²) in [6, 6.07) is 52.4. The Hall–Kier alpha value is -6.73. The van der Waals surface area contributed by atoms with Gasteiger partial charge in [0.2, 0.25) is 0 Å². The van der Waals surface area contributed by atoms with Crippen molar-refractivity contribution in [3.8, 4) is 16.8 Å². The van der Waals surface area contributed by atoms with Crippen molar-refractivity contribution in [1.82, 2.24) is 4.57 Å². The van der Waals surface area contributed by atoms with E-state index in [1.54, 1.807) is 0 Å². The Morgan fingerprint density at radius 1 is 0.643 bits per heavy atom. The van der Waals surface area contributed by atoms with Crippen LogP contribution in [0.15, 0.2) is 161 Å². The van der Waals surface area contributed by atoms with Crippen LogP contribution in [0.5, 0.6) is 0 Å². The zero-order valence-corrected chi connectivity index (χ0v) is 42.4. The van der Waals surface area contributed by atoms with E-state index in [-0.39, 0.29) is 16.2 Å². The van der Waals surface area contributed by atoms with Gasteiger partial charge < -0.3 is 14.3 Å². The largest absolute Gasteiger partial charge is 0.456 e. The molecule has 14 rings (SSSR count). The van der Waals surface area contributed by atoms with Gasteiger partial charge in [-0.1, -0.05) is 151 Å². The first-order valence-corrected chi connectivity index (χ1v) is 26.3. The second kappa shape index (κ2) is 14.7. The smallest absolute Gasteiger partial charge is 0.197 e. The van der Waals surface area contributed by atoms with Crippen molar-refractivity contribution in [2.45, 2.75) is 82.4 Å². The fourth-order valence-corrected chi connectivity index (χ4v) is 14.2. The zero-order valence-electron chi connectivity index (χ0n) is 40.7. The van der Waals surface area contributed by atoms with Crippen LogP contribution in [-0.4, -0.2) is 11.8 Å². The molecule has 2 aliphatic heterocycles. The van der Waals surface area contributed by atoms with E-state index >= 15 is 0 Å². The number of nitrogens with zero attached hydrogens (tertiary/aromatic N) is 1. The van der Waals surface area contributed by atoms with Gasteiger partial charge in [0, 0.05) is 85.7 Å². The molecule has 11 aromatic rings. The number of hydrogen-bond donors (Lipinski definition) is 1. The van der Waals surface area contributed by atoms with E-state index in [2.05, 4.69) is 218 Å². The first-order chi connectivity index (χ1) is 33.7. The average molecular weight is 940 g/mol. The molecule has 0 amide bonds. The van der Waals surface area contributed by atoms with Gasteiger partial charge in [-0.25, -0.2) is 0 Å². The van der Waals surface area contributed by atoms with Gasteiger partial charge in [-0.05, 0) is 134 Å². The Morgan fingerprint density at radius 3 is 2.16 bits per heavy atom. The molecule has 5 heterocycles. The summed E-state index contributed by atoms with van der Waals surface area (Å²) in [6.07, 6.45) is 4.63. The highest BCUT2D eigenvalue weighted by Gasteiger charge is 2.38. The summed E-state index contributed by atoms with van der Waals surface area (Å²) >= 11 is 3.76. The summed E-state index contributed by atoms with van der Waals surface area (Å²) in [6.45, 7) is 21.2. The number of allylic oxidation sites excluding steroid dienone is 2. The summed E-state index contributed by atoms with van der Waals surface area (Å²) in [4.78, 5) is 2.43. The first-order valence-electron chi connectivity index (χ1n) is 24.7. The van der Waals surface area contributed by atoms with Gasteiger partial charge in [0.1, 0.15) is 11.2 Å². The predicted octanol–water partition coefficient (Wildman–Crippen LogP) is 17.2. The molecule has 8 aromatic carbocycles. The molecule has 3 aliphatic rings. The van der Waals surface area contributed by atoms with Gasteiger partial charge in [-0.2, -0.15) is 0 Å². The van der Waals surface area contributed by atoms with Crippen LogP contribution < -0.4 is 16.2 Å². The third-order valence-corrected chi connectivity index (χ3v) is 18.2. The quantitative estimate of drug-likeness (QED) is 0.178. The Balaban J connectivity index is 1.04. The highest BCUT2D eigenvalue weighted by molar-refractivity contribution is 8.08. The summed E-state index contributed by atoms with van der Waals surface area (Å²) in [5.74, 6) is 0. The lowest BCUT2D eigenvalue weighted by atomic mass is 9.58. The average Bonchev–Trinajstić information content (AvgIpc) is 4.00. The maximum absolute atomic E-state index is 6.63. The third-order valence-electron chi connectivity index (χ3n) is 16.0. The van der Waals surface area contributed by atoms with Crippen LogP contribution in [0.25, 0.3) is 91.2 Å². The highest BCUT2D eigenvalue weighted by Crippen LogP contribution is 2.51. The number of benzene rings is 8. The molecule has 1 radical (unpaired) electrons. The van der Waals surface area contributed by atoms with E-state index in [1.807, 2.05) is 23.1 Å². The number of hydrogen-bond acceptors (Lipinski definition) is 4. The minimum Gasteiger partial charge on any atom is -0.456 e. The first kappa shape index (κ1) is 42.2. The van der Waals surface area contributed by atoms with Crippen molar-refractivity contribution in [1.29, 1.82) is 0 Å². The molecule has 0 fully saturated rings. The van der Waals surface area contributed by atoms with Crippen molar-refractivity contribution in [3.63, 3.8) is 0 Å². The summed E-state index contributed by atoms with van der Waals surface area (Å²) in [5, 5.41) is 11.4. The maximum atomic E-state index is 6.63. The Labute approximate surface area is 418 Å². The number of furan rings is 1. The molecule has 70 heavy (non-hydrogen) atoms. The molecule has 0 bridgehead atoms. The number of nitrogens with one attached hydrogen (secondary N) is 1. The lowest BCUT2D eigenvalue weighted by molar-refractivity contribution is 0.332. The third kappa shape index (κ3) is 6.28. The number of fused-ring (bicyclic) bond motifs is 13. The highest BCUT2D eigenvalue weighted by atomic mass is 32.2. The van der Waals surface area contributed by atoms with Crippen LogP contribution >= 0.6 is 23.1 Å². The van der Waals surface area contributed by atoms with Gasteiger partial charge in [0.15, 0.2) is 7.28 Å². The fourth-order valence-electron chi connectivity index (χ4n) is 11.9. The molecule has 0 spiro atoms. The number of aromatic nitrogens is 1. The monoisotopic (exact) mass is 939 g/mol. The van der Waals surface area contributed by atoms with E-state index in [0.29, 0.717) is 0 Å². The molecule has 1 aliphatic carbocycles. The topological polar surface area (TPSA) is 30.1 Å². The van der Waals surface area contributed by atoms with Crippen molar-refractivity contribution in [2.24, 2.45) is 0 Å². The Morgan fingerprint density at radius 2 is 1.37 bits per heavy atom. The Kier molecular flexibility index (Phi) is 8.84. The van der Waals surface area contributed by atoms with Crippen LogP contribution in [0.1, 0.15) is 89.1 Å². The minimum atomic E-state index is 0.0606. The SMILES string of the molecule is C=C1C=C(c2ccccc2)Sc2cc3c(cc21)[B]c1c(-c2cc4c(cc2Nc2ccc(C(C)(C)C)cc2)sc2cc5c(cc24)C(C)(C)CCC5(C)C)ccc2c4cc5c(cc4n-3c12)oc1ccccc15. The lowest BCUT2D eigenvalue weighted by Crippen LogP contribution is -2.37. The molecule has 3 nitrogen and oxygen atoms in total. The van der Waals surface area contributed by atoms with E-state index in [4.69, 9.17) is 4.42 Å². The molecular weight excluding hydrogens is 888 g/mol. The van der Waals surface area contributed by atoms with Crippen LogP contribution in [0.3, 0.4) is 0 Å². The molecule has 3 aromatic heterocycles. The second-order valence-electron chi connectivity index (χ2n) is 22.4. The van der Waals surface area contributed by atoms with E-state index < -0.39 is 0 Å². The minimum absolute atomic E-state index is 0.0606. The zero-order chi connectivity index (χ0) is 47.6. The van der Waals surface area contributed by atoms with Gasteiger partial charge in [-0.3, -0.25) is 0 Å². The normalized spacial score (nSPS) is 15.9. The van der Waals surface area contributed by atoms with Crippen molar-refractivity contribution >= 4 is 127 Å². The summed E-state index contributed by atoms with van der Waals surface area (Å²) < 4.78 is 11.8. The second-order valence-corrected chi connectivity index (χ2v) is 24.6. The van der Waals surface area contributed by atoms with E-state index in [1.165, 1.54) is 115 Å². The Bertz CT molecular complexity index is 4140. The number of thioether (sulfide) groups is 1.